The number of methoxy groups -OCH3 is 1. The molecule has 1 rings (SSSR count). The minimum Gasteiger partial charge on any atom is -0.469 e. The largest absolute Gasteiger partial charge is 0.469 e. The van der Waals surface area contributed by atoms with E-state index in [9.17, 15) is 9.59 Å². The van der Waals surface area contributed by atoms with Gasteiger partial charge < -0.3 is 19.1 Å². The standard InChI is InChI=1S/C10H18NO5P/c1-10(2)6-15-17-16-8(10)9(13)11-5-4-7(12)14-3/h8,17H,4-6H2,1-3H3,(H,11,13)/t8-/m0/s1. The first-order valence-corrected chi connectivity index (χ1v) is 6.16. The molecule has 17 heavy (non-hydrogen) atoms. The summed E-state index contributed by atoms with van der Waals surface area (Å²) in [6.45, 7) is 4.55. The Bertz CT molecular complexity index is 294. The molecule has 1 unspecified atom stereocenters. The molecule has 0 bridgehead atoms. The van der Waals surface area contributed by atoms with Crippen molar-refractivity contribution in [3.8, 4) is 0 Å². The first-order chi connectivity index (χ1) is 7.97. The molecule has 0 radical (unpaired) electrons. The lowest BCUT2D eigenvalue weighted by Gasteiger charge is -2.36. The zero-order valence-corrected chi connectivity index (χ0v) is 11.2. The molecule has 1 aliphatic rings. The predicted octanol–water partition coefficient (Wildman–Crippen LogP) is 0.616. The number of hydrogen-bond donors (Lipinski definition) is 1. The van der Waals surface area contributed by atoms with Gasteiger partial charge in [-0.25, -0.2) is 0 Å². The molecule has 2 atom stereocenters. The number of nitrogens with one attached hydrogen (secondary N) is 1. The summed E-state index contributed by atoms with van der Waals surface area (Å²) in [6.07, 6.45) is -0.374. The number of carbonyl (C=O) groups is 2. The van der Waals surface area contributed by atoms with Crippen molar-refractivity contribution in [2.45, 2.75) is 26.4 Å². The minimum absolute atomic E-state index is 0.110. The topological polar surface area (TPSA) is 73.9 Å². The number of rotatable bonds is 4. The van der Waals surface area contributed by atoms with Crippen molar-refractivity contribution in [1.82, 2.24) is 5.32 Å². The fourth-order valence-corrected chi connectivity index (χ4v) is 2.45. The van der Waals surface area contributed by atoms with Crippen LogP contribution in [0.15, 0.2) is 0 Å². The lowest BCUT2D eigenvalue weighted by molar-refractivity contribution is -0.141. The summed E-state index contributed by atoms with van der Waals surface area (Å²) in [7, 11) is 1.21. The average molecular weight is 263 g/mol. The summed E-state index contributed by atoms with van der Waals surface area (Å²) in [5, 5.41) is 2.66. The molecule has 1 saturated heterocycles. The minimum atomic E-state index is -0.535. The van der Waals surface area contributed by atoms with Gasteiger partial charge in [0, 0.05) is 12.0 Å². The second kappa shape index (κ2) is 6.28. The molecule has 1 heterocycles. The average Bonchev–Trinajstić information content (AvgIpc) is 2.27. The Morgan fingerprint density at radius 3 is 2.82 bits per heavy atom. The Balaban J connectivity index is 2.38. The van der Waals surface area contributed by atoms with E-state index in [0.29, 0.717) is 6.61 Å². The smallest absolute Gasteiger partial charge is 0.307 e. The van der Waals surface area contributed by atoms with Crippen molar-refractivity contribution >= 4 is 20.9 Å². The normalized spacial score (nSPS) is 24.3. The van der Waals surface area contributed by atoms with Gasteiger partial charge in [-0.05, 0) is 0 Å². The third-order valence-electron chi connectivity index (χ3n) is 2.47. The monoisotopic (exact) mass is 263 g/mol. The van der Waals surface area contributed by atoms with Gasteiger partial charge in [-0.2, -0.15) is 0 Å². The summed E-state index contributed by atoms with van der Waals surface area (Å²) in [5.74, 6) is -0.561. The fraction of sp³-hybridized carbons (Fsp3) is 0.800. The van der Waals surface area contributed by atoms with E-state index in [0.717, 1.165) is 0 Å². The van der Waals surface area contributed by atoms with E-state index < -0.39 is 6.10 Å². The molecule has 0 aliphatic carbocycles. The van der Waals surface area contributed by atoms with E-state index in [4.69, 9.17) is 9.05 Å². The summed E-state index contributed by atoms with van der Waals surface area (Å²) in [4.78, 5) is 22.7. The van der Waals surface area contributed by atoms with Crippen LogP contribution in [0.5, 0.6) is 0 Å². The van der Waals surface area contributed by atoms with Crippen molar-refractivity contribution in [2.24, 2.45) is 5.41 Å². The van der Waals surface area contributed by atoms with Crippen LogP contribution in [0.1, 0.15) is 20.3 Å². The predicted molar refractivity (Wildman–Crippen MR) is 62.6 cm³/mol. The zero-order valence-electron chi connectivity index (χ0n) is 10.2. The van der Waals surface area contributed by atoms with E-state index in [1.165, 1.54) is 7.11 Å². The number of ether oxygens (including phenoxy) is 1. The van der Waals surface area contributed by atoms with Gasteiger partial charge >= 0.3 is 5.97 Å². The highest BCUT2D eigenvalue weighted by atomic mass is 31.1. The van der Waals surface area contributed by atoms with Crippen LogP contribution in [0.2, 0.25) is 0 Å². The van der Waals surface area contributed by atoms with Gasteiger partial charge in [-0.15, -0.1) is 0 Å². The highest BCUT2D eigenvalue weighted by molar-refractivity contribution is 7.26. The molecule has 0 spiro atoms. The Hall–Kier alpha value is -0.710. The van der Waals surface area contributed by atoms with Crippen LogP contribution in [-0.2, 0) is 23.4 Å². The molecule has 7 heteroatoms. The van der Waals surface area contributed by atoms with Crippen molar-refractivity contribution < 1.29 is 23.4 Å². The number of carbonyl (C=O) groups excluding carboxylic acids is 2. The molecule has 0 saturated carbocycles. The molecular formula is C10H18NO5P. The van der Waals surface area contributed by atoms with E-state index in [2.05, 4.69) is 10.1 Å². The van der Waals surface area contributed by atoms with Crippen molar-refractivity contribution in [1.29, 1.82) is 0 Å². The third-order valence-corrected chi connectivity index (χ3v) is 3.07. The fourth-order valence-electron chi connectivity index (χ4n) is 1.42. The second-order valence-electron chi connectivity index (χ2n) is 4.48. The van der Waals surface area contributed by atoms with Crippen LogP contribution in [0.4, 0.5) is 0 Å². The third kappa shape index (κ3) is 4.22. The Labute approximate surface area is 102 Å². The van der Waals surface area contributed by atoms with Crippen LogP contribution < -0.4 is 5.32 Å². The molecule has 98 valence electrons. The first-order valence-electron chi connectivity index (χ1n) is 5.34. The van der Waals surface area contributed by atoms with Crippen LogP contribution in [0, 0.1) is 5.41 Å². The van der Waals surface area contributed by atoms with Gasteiger partial charge in [0.05, 0.1) is 20.1 Å². The Morgan fingerprint density at radius 2 is 2.24 bits per heavy atom. The van der Waals surface area contributed by atoms with Gasteiger partial charge in [0.2, 0.25) is 5.91 Å². The van der Waals surface area contributed by atoms with Crippen molar-refractivity contribution in [2.75, 3.05) is 20.3 Å². The second-order valence-corrected chi connectivity index (χ2v) is 5.17. The highest BCUT2D eigenvalue weighted by Crippen LogP contribution is 2.37. The molecule has 1 fully saturated rings. The number of esters is 1. The number of hydrogen-bond acceptors (Lipinski definition) is 5. The lowest BCUT2D eigenvalue weighted by atomic mass is 9.87. The molecule has 0 aromatic rings. The van der Waals surface area contributed by atoms with Crippen molar-refractivity contribution in [3.63, 3.8) is 0 Å². The van der Waals surface area contributed by atoms with Gasteiger partial charge in [-0.1, -0.05) is 13.8 Å². The van der Waals surface area contributed by atoms with Crippen LogP contribution >= 0.6 is 9.03 Å². The van der Waals surface area contributed by atoms with Crippen LogP contribution in [0.3, 0.4) is 0 Å². The maximum atomic E-state index is 11.8. The molecule has 1 amide bonds. The molecular weight excluding hydrogens is 245 g/mol. The van der Waals surface area contributed by atoms with Gasteiger partial charge in [0.1, 0.15) is 6.10 Å². The summed E-state index contributed by atoms with van der Waals surface area (Å²) in [6, 6.07) is 0. The molecule has 1 aliphatic heterocycles. The molecule has 0 aromatic heterocycles. The number of amides is 1. The van der Waals surface area contributed by atoms with Gasteiger partial charge in [0.15, 0.2) is 9.03 Å². The maximum absolute atomic E-state index is 11.8. The van der Waals surface area contributed by atoms with E-state index >= 15 is 0 Å². The zero-order chi connectivity index (χ0) is 12.9. The Kier molecular flexibility index (Phi) is 5.31. The summed E-state index contributed by atoms with van der Waals surface area (Å²) >= 11 is 0. The SMILES string of the molecule is COC(=O)CCNC(=O)[C@@H]1OPOCC1(C)C. The lowest BCUT2D eigenvalue weighted by Crippen LogP contribution is -2.48. The summed E-state index contributed by atoms with van der Waals surface area (Å²) < 4.78 is 15.0. The quantitative estimate of drug-likeness (QED) is 0.594. The molecule has 6 nitrogen and oxygen atoms in total. The first kappa shape index (κ1) is 14.4. The van der Waals surface area contributed by atoms with E-state index in [1.54, 1.807) is 0 Å². The van der Waals surface area contributed by atoms with Crippen molar-refractivity contribution in [3.05, 3.63) is 0 Å². The van der Waals surface area contributed by atoms with E-state index in [1.807, 2.05) is 13.8 Å². The Morgan fingerprint density at radius 1 is 1.53 bits per heavy atom. The maximum Gasteiger partial charge on any atom is 0.307 e. The van der Waals surface area contributed by atoms with Gasteiger partial charge in [0.25, 0.3) is 0 Å². The van der Waals surface area contributed by atoms with Crippen LogP contribution in [0.25, 0.3) is 0 Å². The van der Waals surface area contributed by atoms with Crippen LogP contribution in [-0.4, -0.2) is 38.2 Å². The van der Waals surface area contributed by atoms with Gasteiger partial charge in [-0.3, -0.25) is 9.59 Å². The molecule has 1 N–H and O–H groups in total. The molecule has 0 aromatic carbocycles. The van der Waals surface area contributed by atoms with E-state index in [-0.39, 0.29) is 39.3 Å². The summed E-state index contributed by atoms with van der Waals surface area (Å²) in [5.41, 5.74) is -0.361. The highest BCUT2D eigenvalue weighted by Gasteiger charge is 2.39.